The lowest BCUT2D eigenvalue weighted by atomic mass is 9.92. The van der Waals surface area contributed by atoms with Gasteiger partial charge in [-0.05, 0) is 54.4 Å². The summed E-state index contributed by atoms with van der Waals surface area (Å²) in [5.41, 5.74) is 9.20. The lowest BCUT2D eigenvalue weighted by molar-refractivity contribution is 0.475. The van der Waals surface area contributed by atoms with Crippen molar-refractivity contribution in [3.8, 4) is 5.75 Å². The van der Waals surface area contributed by atoms with Crippen LogP contribution in [0.1, 0.15) is 17.0 Å². The van der Waals surface area contributed by atoms with E-state index in [1.807, 2.05) is 30.5 Å². The van der Waals surface area contributed by atoms with Crippen LogP contribution < -0.4 is 5.73 Å². The molecule has 0 saturated carbocycles. The van der Waals surface area contributed by atoms with Gasteiger partial charge in [-0.2, -0.15) is 0 Å². The fourth-order valence-corrected chi connectivity index (χ4v) is 3.11. The molecule has 0 aliphatic carbocycles. The Morgan fingerprint density at radius 1 is 1.14 bits per heavy atom. The van der Waals surface area contributed by atoms with Crippen molar-refractivity contribution in [1.82, 2.24) is 4.98 Å². The number of H-pyrrole nitrogens is 1. The third-order valence-corrected chi connectivity index (χ3v) is 4.43. The summed E-state index contributed by atoms with van der Waals surface area (Å²) in [6, 6.07) is 11.0. The first-order valence-electron chi connectivity index (χ1n) is 7.02. The Hall–Kier alpha value is -1.68. The predicted molar refractivity (Wildman–Crippen MR) is 91.9 cm³/mol. The van der Waals surface area contributed by atoms with Gasteiger partial charge in [0.25, 0.3) is 0 Å². The van der Waals surface area contributed by atoms with E-state index in [2.05, 4.69) is 4.98 Å². The standard InChI is InChI=1S/C17H16Cl2N2O/c18-12-2-3-16-13(7-12)14(9-21-16)11(8-20)5-10-1-4-17(22)15(19)6-10/h1-4,6-7,9,11,21-22H,5,8,20H2. The maximum atomic E-state index is 9.51. The molecule has 2 aromatic carbocycles. The van der Waals surface area contributed by atoms with Crippen LogP contribution in [0.2, 0.25) is 10.0 Å². The van der Waals surface area contributed by atoms with Crippen molar-refractivity contribution in [3.63, 3.8) is 0 Å². The molecule has 3 nitrogen and oxygen atoms in total. The molecule has 114 valence electrons. The number of nitrogens with one attached hydrogen (secondary N) is 1. The number of hydrogen-bond donors (Lipinski definition) is 3. The van der Waals surface area contributed by atoms with Crippen LogP contribution in [0, 0.1) is 0 Å². The fourth-order valence-electron chi connectivity index (χ4n) is 2.73. The van der Waals surface area contributed by atoms with Crippen LogP contribution in [0.3, 0.4) is 0 Å². The Morgan fingerprint density at radius 3 is 2.68 bits per heavy atom. The molecular weight excluding hydrogens is 319 g/mol. The molecule has 22 heavy (non-hydrogen) atoms. The normalized spacial score (nSPS) is 12.7. The topological polar surface area (TPSA) is 62.0 Å². The molecule has 1 unspecified atom stereocenters. The van der Waals surface area contributed by atoms with E-state index in [0.29, 0.717) is 16.6 Å². The Labute approximate surface area is 138 Å². The Morgan fingerprint density at radius 2 is 1.95 bits per heavy atom. The van der Waals surface area contributed by atoms with Gasteiger partial charge >= 0.3 is 0 Å². The first-order valence-corrected chi connectivity index (χ1v) is 7.78. The van der Waals surface area contributed by atoms with Crippen LogP contribution in [-0.2, 0) is 6.42 Å². The highest BCUT2D eigenvalue weighted by Gasteiger charge is 2.16. The highest BCUT2D eigenvalue weighted by Crippen LogP contribution is 2.31. The Kier molecular flexibility index (Phi) is 4.30. The quantitative estimate of drug-likeness (QED) is 0.659. The highest BCUT2D eigenvalue weighted by molar-refractivity contribution is 6.32. The van der Waals surface area contributed by atoms with Crippen molar-refractivity contribution in [3.05, 3.63) is 63.8 Å². The lowest BCUT2D eigenvalue weighted by Gasteiger charge is -2.15. The van der Waals surface area contributed by atoms with Crippen molar-refractivity contribution >= 4 is 34.1 Å². The molecule has 1 heterocycles. The molecule has 4 N–H and O–H groups in total. The summed E-state index contributed by atoms with van der Waals surface area (Å²) in [7, 11) is 0. The zero-order valence-corrected chi connectivity index (χ0v) is 13.3. The predicted octanol–water partition coefficient (Wildman–Crippen LogP) is 4.47. The second-order valence-corrected chi connectivity index (χ2v) is 6.20. The van der Waals surface area contributed by atoms with Crippen LogP contribution in [-0.4, -0.2) is 16.6 Å². The molecule has 0 radical (unpaired) electrons. The smallest absolute Gasteiger partial charge is 0.134 e. The van der Waals surface area contributed by atoms with E-state index >= 15 is 0 Å². The van der Waals surface area contributed by atoms with Gasteiger partial charge in [0.15, 0.2) is 0 Å². The third kappa shape index (κ3) is 2.93. The van der Waals surface area contributed by atoms with Crippen molar-refractivity contribution in [2.75, 3.05) is 6.54 Å². The summed E-state index contributed by atoms with van der Waals surface area (Å²) in [5, 5.41) is 11.7. The van der Waals surface area contributed by atoms with E-state index in [-0.39, 0.29) is 11.7 Å². The number of rotatable bonds is 4. The van der Waals surface area contributed by atoms with E-state index in [9.17, 15) is 5.11 Å². The summed E-state index contributed by atoms with van der Waals surface area (Å²) in [6.07, 6.45) is 2.73. The maximum absolute atomic E-state index is 9.51. The van der Waals surface area contributed by atoms with Crippen LogP contribution in [0.25, 0.3) is 10.9 Å². The van der Waals surface area contributed by atoms with Gasteiger partial charge in [-0.15, -0.1) is 0 Å². The van der Waals surface area contributed by atoms with Gasteiger partial charge in [0, 0.05) is 28.0 Å². The second kappa shape index (κ2) is 6.21. The highest BCUT2D eigenvalue weighted by atomic mass is 35.5. The van der Waals surface area contributed by atoms with Gasteiger partial charge < -0.3 is 15.8 Å². The zero-order chi connectivity index (χ0) is 15.7. The largest absolute Gasteiger partial charge is 0.506 e. The zero-order valence-electron chi connectivity index (χ0n) is 11.8. The summed E-state index contributed by atoms with van der Waals surface area (Å²) in [4.78, 5) is 3.26. The van der Waals surface area contributed by atoms with Gasteiger partial charge in [-0.3, -0.25) is 0 Å². The van der Waals surface area contributed by atoms with Crippen molar-refractivity contribution in [2.24, 2.45) is 5.73 Å². The van der Waals surface area contributed by atoms with E-state index in [1.54, 1.807) is 12.1 Å². The molecule has 0 aliphatic heterocycles. The molecular formula is C17H16Cl2N2O. The van der Waals surface area contributed by atoms with Crippen LogP contribution in [0.5, 0.6) is 5.75 Å². The van der Waals surface area contributed by atoms with Gasteiger partial charge in [-0.1, -0.05) is 29.3 Å². The van der Waals surface area contributed by atoms with Crippen LogP contribution in [0.15, 0.2) is 42.6 Å². The molecule has 0 bridgehead atoms. The average molecular weight is 335 g/mol. The number of aromatic amines is 1. The summed E-state index contributed by atoms with van der Waals surface area (Å²) >= 11 is 12.1. The summed E-state index contributed by atoms with van der Waals surface area (Å²) in [5.74, 6) is 0.237. The number of phenols is 1. The van der Waals surface area contributed by atoms with Gasteiger partial charge in [0.05, 0.1) is 5.02 Å². The summed E-state index contributed by atoms with van der Waals surface area (Å²) in [6.45, 7) is 0.512. The third-order valence-electron chi connectivity index (χ3n) is 3.89. The van der Waals surface area contributed by atoms with Crippen molar-refractivity contribution in [2.45, 2.75) is 12.3 Å². The lowest BCUT2D eigenvalue weighted by Crippen LogP contribution is -2.14. The maximum Gasteiger partial charge on any atom is 0.134 e. The Bertz CT molecular complexity index is 814. The van der Waals surface area contributed by atoms with E-state index < -0.39 is 0 Å². The number of benzene rings is 2. The fraction of sp³-hybridized carbons (Fsp3) is 0.176. The van der Waals surface area contributed by atoms with Crippen molar-refractivity contribution < 1.29 is 5.11 Å². The monoisotopic (exact) mass is 334 g/mol. The van der Waals surface area contributed by atoms with Gasteiger partial charge in [0.1, 0.15) is 5.75 Å². The minimum absolute atomic E-state index is 0.0913. The van der Waals surface area contributed by atoms with Gasteiger partial charge in [-0.25, -0.2) is 0 Å². The minimum atomic E-state index is 0.0913. The van der Waals surface area contributed by atoms with Crippen LogP contribution in [0.4, 0.5) is 0 Å². The number of phenolic OH excluding ortho intramolecular Hbond substituents is 1. The average Bonchev–Trinajstić information content (AvgIpc) is 2.91. The van der Waals surface area contributed by atoms with E-state index in [1.165, 1.54) is 0 Å². The first-order chi connectivity index (χ1) is 10.6. The number of nitrogens with two attached hydrogens (primary N) is 1. The number of aromatic nitrogens is 1. The number of aromatic hydroxyl groups is 1. The molecule has 0 saturated heterocycles. The Balaban J connectivity index is 1.95. The first kappa shape index (κ1) is 15.2. The molecule has 0 aliphatic rings. The molecule has 3 rings (SSSR count). The van der Waals surface area contributed by atoms with Crippen molar-refractivity contribution in [1.29, 1.82) is 0 Å². The molecule has 1 aromatic heterocycles. The summed E-state index contributed by atoms with van der Waals surface area (Å²) < 4.78 is 0. The number of halogens is 2. The molecule has 0 spiro atoms. The number of hydrogen-bond acceptors (Lipinski definition) is 2. The molecule has 3 aromatic rings. The second-order valence-electron chi connectivity index (χ2n) is 5.36. The minimum Gasteiger partial charge on any atom is -0.506 e. The molecule has 5 heteroatoms. The van der Waals surface area contributed by atoms with E-state index in [4.69, 9.17) is 28.9 Å². The van der Waals surface area contributed by atoms with Crippen LogP contribution >= 0.6 is 23.2 Å². The molecule has 0 amide bonds. The molecule has 0 fully saturated rings. The number of fused-ring (bicyclic) bond motifs is 1. The van der Waals surface area contributed by atoms with E-state index in [0.717, 1.165) is 28.5 Å². The van der Waals surface area contributed by atoms with Gasteiger partial charge in [0.2, 0.25) is 0 Å². The molecule has 1 atom stereocenters. The SMILES string of the molecule is NCC(Cc1ccc(O)c(Cl)c1)c1c[nH]c2ccc(Cl)cc12.